The molecule has 0 saturated carbocycles. The van der Waals surface area contributed by atoms with Crippen molar-refractivity contribution in [1.29, 1.82) is 0 Å². The Bertz CT molecular complexity index is 702. The molecule has 0 aliphatic carbocycles. The molecule has 2 rings (SSSR count). The van der Waals surface area contributed by atoms with Crippen LogP contribution < -0.4 is 10.5 Å². The van der Waals surface area contributed by atoms with E-state index in [9.17, 15) is 8.42 Å². The van der Waals surface area contributed by atoms with Crippen molar-refractivity contribution in [2.24, 2.45) is 0 Å². The Morgan fingerprint density at radius 2 is 1.84 bits per heavy atom. The summed E-state index contributed by atoms with van der Waals surface area (Å²) >= 11 is 5.88. The minimum atomic E-state index is -3.23. The van der Waals surface area contributed by atoms with E-state index in [1.165, 1.54) is 30.6 Å². The van der Waals surface area contributed by atoms with Crippen molar-refractivity contribution in [2.75, 3.05) is 12.0 Å². The van der Waals surface area contributed by atoms with Gasteiger partial charge in [-0.3, -0.25) is 0 Å². The molecule has 0 amide bonds. The number of hydrogen-bond donors (Lipinski definition) is 1. The lowest BCUT2D eigenvalue weighted by molar-refractivity contribution is 0.462. The molecule has 0 spiro atoms. The first-order valence-electron chi connectivity index (χ1n) is 5.12. The first kappa shape index (κ1) is 13.6. The number of nitrogen functional groups attached to an aromatic ring is 1. The van der Waals surface area contributed by atoms with Crippen LogP contribution in [0, 0.1) is 0 Å². The second-order valence-electron chi connectivity index (χ2n) is 3.72. The third-order valence-corrected chi connectivity index (χ3v) is 3.73. The maximum Gasteiger partial charge on any atom is 0.243 e. The molecule has 0 unspecified atom stereocenters. The summed E-state index contributed by atoms with van der Waals surface area (Å²) in [5, 5.41) is 0.106. The van der Waals surface area contributed by atoms with Crippen LogP contribution in [0.1, 0.15) is 0 Å². The first-order valence-corrected chi connectivity index (χ1v) is 7.39. The molecule has 6 nitrogen and oxygen atoms in total. The van der Waals surface area contributed by atoms with Crippen LogP contribution >= 0.6 is 11.6 Å². The van der Waals surface area contributed by atoms with Crippen LogP contribution in [-0.2, 0) is 9.84 Å². The first-order chi connectivity index (χ1) is 8.88. The second-order valence-corrected chi connectivity index (χ2v) is 6.12. The number of rotatable bonds is 3. The number of halogens is 1. The fourth-order valence-corrected chi connectivity index (χ4v) is 2.07. The van der Waals surface area contributed by atoms with E-state index in [1.807, 2.05) is 0 Å². The average molecular weight is 300 g/mol. The molecule has 0 fully saturated rings. The van der Waals surface area contributed by atoms with E-state index < -0.39 is 9.84 Å². The van der Waals surface area contributed by atoms with Gasteiger partial charge in [0.25, 0.3) is 0 Å². The molecule has 0 aliphatic rings. The van der Waals surface area contributed by atoms with Crippen molar-refractivity contribution < 1.29 is 13.2 Å². The van der Waals surface area contributed by atoms with Crippen LogP contribution in [0.25, 0.3) is 0 Å². The topological polar surface area (TPSA) is 95.2 Å². The van der Waals surface area contributed by atoms with E-state index in [-0.39, 0.29) is 21.6 Å². The SMILES string of the molecule is CS(=O)(=O)c1ccc(Oc2ncnc(N)c2Cl)cc1. The maximum atomic E-state index is 11.3. The number of hydrogen-bond acceptors (Lipinski definition) is 6. The Kier molecular flexibility index (Phi) is 3.59. The Balaban J connectivity index is 2.27. The summed E-state index contributed by atoms with van der Waals surface area (Å²) in [6.45, 7) is 0. The van der Waals surface area contributed by atoms with Gasteiger partial charge in [-0.1, -0.05) is 11.6 Å². The summed E-state index contributed by atoms with van der Waals surface area (Å²) in [6.07, 6.45) is 2.35. The average Bonchev–Trinajstić information content (AvgIpc) is 2.35. The van der Waals surface area contributed by atoms with Gasteiger partial charge < -0.3 is 10.5 Å². The highest BCUT2D eigenvalue weighted by Gasteiger charge is 2.10. The van der Waals surface area contributed by atoms with Crippen LogP contribution in [0.15, 0.2) is 35.5 Å². The van der Waals surface area contributed by atoms with Gasteiger partial charge in [0.1, 0.15) is 22.9 Å². The van der Waals surface area contributed by atoms with Gasteiger partial charge >= 0.3 is 0 Å². The predicted octanol–water partition coefficient (Wildman–Crippen LogP) is 1.91. The molecule has 0 saturated heterocycles. The van der Waals surface area contributed by atoms with Crippen molar-refractivity contribution in [3.8, 4) is 11.6 Å². The van der Waals surface area contributed by atoms with Crippen molar-refractivity contribution in [2.45, 2.75) is 4.90 Å². The van der Waals surface area contributed by atoms with Crippen molar-refractivity contribution in [3.63, 3.8) is 0 Å². The number of nitrogens with zero attached hydrogens (tertiary/aromatic N) is 2. The molecular weight excluding hydrogens is 290 g/mol. The van der Waals surface area contributed by atoms with Gasteiger partial charge in [0.15, 0.2) is 9.84 Å². The number of anilines is 1. The Labute approximate surface area is 115 Å². The molecule has 0 atom stereocenters. The fourth-order valence-electron chi connectivity index (χ4n) is 1.30. The predicted molar refractivity (Wildman–Crippen MR) is 71.1 cm³/mol. The number of ether oxygens (including phenoxy) is 1. The van der Waals surface area contributed by atoms with Gasteiger partial charge in [-0.05, 0) is 24.3 Å². The molecular formula is C11H10ClN3O3S. The number of aromatic nitrogens is 2. The summed E-state index contributed by atoms with van der Waals surface area (Å²) in [6, 6.07) is 5.88. The lowest BCUT2D eigenvalue weighted by atomic mass is 10.3. The molecule has 2 aromatic rings. The Morgan fingerprint density at radius 3 is 2.42 bits per heavy atom. The van der Waals surface area contributed by atoms with E-state index in [0.29, 0.717) is 5.75 Å². The smallest absolute Gasteiger partial charge is 0.243 e. The summed E-state index contributed by atoms with van der Waals surface area (Å²) in [4.78, 5) is 7.75. The fraction of sp³-hybridized carbons (Fsp3) is 0.0909. The standard InChI is InChI=1S/C11H10ClN3O3S/c1-19(16,17)8-4-2-7(3-5-8)18-11-9(12)10(13)14-6-15-11/h2-6H,1H3,(H2,13,14,15). The molecule has 0 bridgehead atoms. The van der Waals surface area contributed by atoms with Crippen molar-refractivity contribution in [3.05, 3.63) is 35.6 Å². The van der Waals surface area contributed by atoms with E-state index in [0.717, 1.165) is 6.26 Å². The van der Waals surface area contributed by atoms with Gasteiger partial charge in [0.2, 0.25) is 5.88 Å². The lowest BCUT2D eigenvalue weighted by Gasteiger charge is -2.07. The largest absolute Gasteiger partial charge is 0.437 e. The second kappa shape index (κ2) is 5.02. The molecule has 2 N–H and O–H groups in total. The monoisotopic (exact) mass is 299 g/mol. The van der Waals surface area contributed by atoms with Crippen LogP contribution in [-0.4, -0.2) is 24.6 Å². The van der Waals surface area contributed by atoms with E-state index in [1.54, 1.807) is 0 Å². The van der Waals surface area contributed by atoms with Gasteiger partial charge in [-0.2, -0.15) is 4.98 Å². The summed E-state index contributed by atoms with van der Waals surface area (Å²) in [7, 11) is -3.23. The normalized spacial score (nSPS) is 11.3. The van der Waals surface area contributed by atoms with Gasteiger partial charge in [-0.25, -0.2) is 13.4 Å². The molecule has 1 heterocycles. The zero-order chi connectivity index (χ0) is 14.0. The Hall–Kier alpha value is -1.86. The highest BCUT2D eigenvalue weighted by molar-refractivity contribution is 7.90. The Morgan fingerprint density at radius 1 is 1.21 bits per heavy atom. The molecule has 0 aliphatic heterocycles. The summed E-state index contributed by atoms with van der Waals surface area (Å²) in [5.74, 6) is 0.619. The van der Waals surface area contributed by atoms with E-state index in [2.05, 4.69) is 9.97 Å². The van der Waals surface area contributed by atoms with Crippen LogP contribution in [0.4, 0.5) is 5.82 Å². The molecule has 100 valence electrons. The minimum absolute atomic E-state index is 0.106. The molecule has 1 aromatic heterocycles. The minimum Gasteiger partial charge on any atom is -0.437 e. The maximum absolute atomic E-state index is 11.3. The van der Waals surface area contributed by atoms with Gasteiger partial charge in [0, 0.05) is 6.26 Å². The number of sulfone groups is 1. The summed E-state index contributed by atoms with van der Waals surface area (Å²) in [5.41, 5.74) is 5.51. The molecule has 8 heteroatoms. The third kappa shape index (κ3) is 3.12. The lowest BCUT2D eigenvalue weighted by Crippen LogP contribution is -1.98. The summed E-state index contributed by atoms with van der Waals surface area (Å²) < 4.78 is 28.0. The van der Waals surface area contributed by atoms with E-state index >= 15 is 0 Å². The highest BCUT2D eigenvalue weighted by atomic mass is 35.5. The number of nitrogens with two attached hydrogens (primary N) is 1. The highest BCUT2D eigenvalue weighted by Crippen LogP contribution is 2.30. The van der Waals surface area contributed by atoms with E-state index in [4.69, 9.17) is 22.1 Å². The van der Waals surface area contributed by atoms with Crippen LogP contribution in [0.5, 0.6) is 11.6 Å². The molecule has 0 radical (unpaired) electrons. The molecule has 19 heavy (non-hydrogen) atoms. The van der Waals surface area contributed by atoms with Gasteiger partial charge in [0.05, 0.1) is 4.90 Å². The van der Waals surface area contributed by atoms with Crippen molar-refractivity contribution in [1.82, 2.24) is 9.97 Å². The number of benzene rings is 1. The zero-order valence-corrected chi connectivity index (χ0v) is 11.4. The van der Waals surface area contributed by atoms with Crippen LogP contribution in [0.2, 0.25) is 5.02 Å². The zero-order valence-electron chi connectivity index (χ0n) is 9.87. The van der Waals surface area contributed by atoms with Crippen molar-refractivity contribution >= 4 is 27.3 Å². The quantitative estimate of drug-likeness (QED) is 0.930. The van der Waals surface area contributed by atoms with Crippen LogP contribution in [0.3, 0.4) is 0 Å². The van der Waals surface area contributed by atoms with Gasteiger partial charge in [-0.15, -0.1) is 0 Å². The third-order valence-electron chi connectivity index (χ3n) is 2.25. The molecule has 1 aromatic carbocycles.